The van der Waals surface area contributed by atoms with Crippen LogP contribution in [0.4, 0.5) is 0 Å². The molecule has 0 aromatic carbocycles. The first-order valence-corrected chi connectivity index (χ1v) is 8.19. The van der Waals surface area contributed by atoms with E-state index in [1.54, 1.807) is 43.2 Å². The van der Waals surface area contributed by atoms with Gasteiger partial charge in [0.05, 0.1) is 0 Å². The van der Waals surface area contributed by atoms with Crippen LogP contribution in [0.5, 0.6) is 0 Å². The highest BCUT2D eigenvalue weighted by atomic mass is 33.1. The van der Waals surface area contributed by atoms with Crippen LogP contribution in [0.25, 0.3) is 0 Å². The quantitative estimate of drug-likeness (QED) is 0.661. The Bertz CT molecular complexity index is 28.8. The molecule has 0 aliphatic rings. The summed E-state index contributed by atoms with van der Waals surface area (Å²) >= 11 is 0. The van der Waals surface area contributed by atoms with Gasteiger partial charge in [-0.2, -0.15) is 0 Å². The van der Waals surface area contributed by atoms with Gasteiger partial charge in [0.1, 0.15) is 6.79 Å². The van der Waals surface area contributed by atoms with Crippen LogP contribution in [-0.4, -0.2) is 31.8 Å². The molecular weight excluding hydrogens is 204 g/mol. The molecule has 0 aromatic heterocycles. The molecule has 0 heterocycles. The van der Waals surface area contributed by atoms with E-state index >= 15 is 0 Å². The van der Waals surface area contributed by atoms with Crippen molar-refractivity contribution >= 4 is 50.0 Å². The van der Waals surface area contributed by atoms with Crippen molar-refractivity contribution in [2.24, 2.45) is 0 Å². The second-order valence-electron chi connectivity index (χ2n) is 0.667. The van der Waals surface area contributed by atoms with Crippen molar-refractivity contribution in [3.63, 3.8) is 0 Å². The molecule has 0 unspecified atom stereocenters. The van der Waals surface area contributed by atoms with Crippen molar-refractivity contribution in [3.05, 3.63) is 0 Å². The Morgan fingerprint density at radius 3 is 0.800 bits per heavy atom. The normalized spacial score (nSPS) is 6.40. The highest BCUT2D eigenvalue weighted by Gasteiger charge is 1.55. The Balaban J connectivity index is -0.0000000787. The maximum Gasteiger partial charge on any atom is 0.106 e. The predicted molar refractivity (Wildman–Crippen MR) is 61.2 cm³/mol. The van der Waals surface area contributed by atoms with Crippen molar-refractivity contribution in [3.8, 4) is 0 Å². The monoisotopic (exact) mass is 218 g/mol. The minimum Gasteiger partial charge on any atom is -0.307 e. The zero-order valence-corrected chi connectivity index (χ0v) is 10.0. The lowest BCUT2D eigenvalue weighted by atomic mass is 11.9. The molecule has 0 aliphatic carbocycles. The zero-order valence-electron chi connectivity index (χ0n) is 6.75. The summed E-state index contributed by atoms with van der Waals surface area (Å²) in [6.07, 6.45) is 8.24. The maximum absolute atomic E-state index is 8.00. The van der Waals surface area contributed by atoms with E-state index in [2.05, 4.69) is 25.0 Å². The molecule has 5 heteroatoms. The van der Waals surface area contributed by atoms with Crippen molar-refractivity contribution in [1.82, 2.24) is 0 Å². The van der Waals surface area contributed by atoms with Gasteiger partial charge in [0, 0.05) is 0 Å². The van der Waals surface area contributed by atoms with Gasteiger partial charge in [0.2, 0.25) is 0 Å². The van der Waals surface area contributed by atoms with Crippen molar-refractivity contribution in [2.75, 3.05) is 25.0 Å². The van der Waals surface area contributed by atoms with Crippen molar-refractivity contribution in [2.45, 2.75) is 0 Å². The number of carbonyl (C=O) groups is 1. The Labute approximate surface area is 79.7 Å². The second kappa shape index (κ2) is 32.2. The lowest BCUT2D eigenvalue weighted by molar-refractivity contribution is -0.0979. The van der Waals surface area contributed by atoms with E-state index in [0.717, 1.165) is 0 Å². The summed E-state index contributed by atoms with van der Waals surface area (Å²) in [5.74, 6) is 0. The number of hydrogen-bond acceptors (Lipinski definition) is 5. The molecule has 0 saturated carbocycles. The molecule has 64 valence electrons. The van der Waals surface area contributed by atoms with Crippen LogP contribution in [0.15, 0.2) is 0 Å². The summed E-state index contributed by atoms with van der Waals surface area (Å²) in [5.41, 5.74) is 0. The summed E-state index contributed by atoms with van der Waals surface area (Å²) in [7, 11) is 7.09. The molecule has 0 rings (SSSR count). The van der Waals surface area contributed by atoms with Crippen LogP contribution >= 0.6 is 43.2 Å². The fraction of sp³-hybridized carbons (Fsp3) is 0.800. The summed E-state index contributed by atoms with van der Waals surface area (Å²) in [4.78, 5) is 8.00. The van der Waals surface area contributed by atoms with Gasteiger partial charge in [0.25, 0.3) is 0 Å². The van der Waals surface area contributed by atoms with E-state index in [9.17, 15) is 0 Å². The van der Waals surface area contributed by atoms with E-state index in [-0.39, 0.29) is 0 Å². The maximum atomic E-state index is 8.00. The van der Waals surface area contributed by atoms with Gasteiger partial charge in [0.15, 0.2) is 0 Å². The number of hydrogen-bond donors (Lipinski definition) is 0. The van der Waals surface area contributed by atoms with Gasteiger partial charge in [-0.15, -0.1) is 0 Å². The molecule has 0 bridgehead atoms. The van der Waals surface area contributed by atoms with Gasteiger partial charge >= 0.3 is 0 Å². The first-order valence-electron chi connectivity index (χ1n) is 2.26. The fourth-order valence-corrected chi connectivity index (χ4v) is 0. The molecule has 0 amide bonds. The van der Waals surface area contributed by atoms with E-state index in [1.807, 2.05) is 6.79 Å². The SMILES string of the molecule is C=O.CSSC.CSSC. The average Bonchev–Trinajstić information content (AvgIpc) is 2.08. The van der Waals surface area contributed by atoms with E-state index in [1.165, 1.54) is 0 Å². The summed E-state index contributed by atoms with van der Waals surface area (Å²) < 4.78 is 0. The van der Waals surface area contributed by atoms with Crippen molar-refractivity contribution < 1.29 is 4.79 Å². The third-order valence-electron chi connectivity index (χ3n) is 0.333. The highest BCUT2D eigenvalue weighted by Crippen LogP contribution is 2.09. The summed E-state index contributed by atoms with van der Waals surface area (Å²) in [6, 6.07) is 0. The Hall–Kier alpha value is 1.07. The molecule has 0 N–H and O–H groups in total. The van der Waals surface area contributed by atoms with Crippen LogP contribution in [0.1, 0.15) is 0 Å². The molecule has 0 saturated heterocycles. The molecule has 0 fully saturated rings. The molecule has 0 radical (unpaired) electrons. The van der Waals surface area contributed by atoms with E-state index in [4.69, 9.17) is 4.79 Å². The molecule has 0 aliphatic heterocycles. The molecule has 1 nitrogen and oxygen atoms in total. The number of carbonyl (C=O) groups excluding carboxylic acids is 1. The summed E-state index contributed by atoms with van der Waals surface area (Å²) in [5, 5.41) is 0. The largest absolute Gasteiger partial charge is 0.307 e. The van der Waals surface area contributed by atoms with E-state index < -0.39 is 0 Å². The van der Waals surface area contributed by atoms with Gasteiger partial charge in [-0.25, -0.2) is 0 Å². The lowest BCUT2D eigenvalue weighted by Crippen LogP contribution is -1.28. The van der Waals surface area contributed by atoms with Gasteiger partial charge in [-0.3, -0.25) is 0 Å². The number of rotatable bonds is 2. The zero-order chi connectivity index (χ0) is 8.83. The highest BCUT2D eigenvalue weighted by molar-refractivity contribution is 8.76. The molecule has 0 atom stereocenters. The average molecular weight is 218 g/mol. The predicted octanol–water partition coefficient (Wildman–Crippen LogP) is 3.07. The molecule has 0 aromatic rings. The smallest absolute Gasteiger partial charge is 0.106 e. The van der Waals surface area contributed by atoms with Crippen LogP contribution in [-0.2, 0) is 4.79 Å². The minimum atomic E-state index is 1.77. The first kappa shape index (κ1) is 17.2. The van der Waals surface area contributed by atoms with Crippen LogP contribution < -0.4 is 0 Å². The van der Waals surface area contributed by atoms with Crippen LogP contribution in [0.2, 0.25) is 0 Å². The molecule has 10 heavy (non-hydrogen) atoms. The van der Waals surface area contributed by atoms with Gasteiger partial charge in [-0.05, 0) is 25.0 Å². The Morgan fingerprint density at radius 2 is 0.800 bits per heavy atom. The fourth-order valence-electron chi connectivity index (χ4n) is 0. The third kappa shape index (κ3) is 62.7. The Kier molecular flexibility index (Phi) is 55.6. The van der Waals surface area contributed by atoms with Crippen LogP contribution in [0, 0.1) is 0 Å². The Morgan fingerprint density at radius 1 is 0.700 bits per heavy atom. The van der Waals surface area contributed by atoms with Gasteiger partial charge < -0.3 is 4.79 Å². The second-order valence-corrected chi connectivity index (χ2v) is 6.00. The molecule has 0 spiro atoms. The lowest BCUT2D eigenvalue weighted by Gasteiger charge is -1.69. The van der Waals surface area contributed by atoms with Gasteiger partial charge in [-0.1, -0.05) is 43.2 Å². The standard InChI is InChI=1S/2C2H6S2.CH2O/c2*1-3-4-2;1-2/h2*1-2H3;1H2. The van der Waals surface area contributed by atoms with E-state index in [0.29, 0.717) is 0 Å². The minimum absolute atomic E-state index is 1.77. The third-order valence-corrected chi connectivity index (χ3v) is 3.00. The van der Waals surface area contributed by atoms with Crippen molar-refractivity contribution in [1.29, 1.82) is 0 Å². The topological polar surface area (TPSA) is 17.1 Å². The first-order chi connectivity index (χ1) is 4.83. The summed E-state index contributed by atoms with van der Waals surface area (Å²) in [6.45, 7) is 2.00. The molecular formula is C5H14OS4. The van der Waals surface area contributed by atoms with Crippen LogP contribution in [0.3, 0.4) is 0 Å².